The number of rotatable bonds is 4. The van der Waals surface area contributed by atoms with E-state index in [1.807, 2.05) is 24.0 Å². The largest absolute Gasteiger partial charge is 0.378 e. The van der Waals surface area contributed by atoms with E-state index in [4.69, 9.17) is 4.74 Å². The van der Waals surface area contributed by atoms with Crippen molar-refractivity contribution in [2.75, 3.05) is 19.8 Å². The van der Waals surface area contributed by atoms with Gasteiger partial charge in [0.2, 0.25) is 0 Å². The predicted octanol–water partition coefficient (Wildman–Crippen LogP) is 2.52. The summed E-state index contributed by atoms with van der Waals surface area (Å²) in [6.07, 6.45) is 5.55. The molecule has 130 valence electrons. The Morgan fingerprint density at radius 1 is 1.28 bits per heavy atom. The van der Waals surface area contributed by atoms with Gasteiger partial charge < -0.3 is 14.3 Å². The summed E-state index contributed by atoms with van der Waals surface area (Å²) in [7, 11) is 2.00. The number of imidazole rings is 2. The van der Waals surface area contributed by atoms with Crippen molar-refractivity contribution in [3.8, 4) is 11.3 Å². The Kier molecular flexibility index (Phi) is 4.33. The normalized spacial score (nSPS) is 18.6. The lowest BCUT2D eigenvalue weighted by Gasteiger charge is -2.34. The molecule has 1 aliphatic rings. The highest BCUT2D eigenvalue weighted by molar-refractivity contribution is 5.58. The zero-order valence-electron chi connectivity index (χ0n) is 14.0. The van der Waals surface area contributed by atoms with Crippen LogP contribution >= 0.6 is 0 Å². The molecule has 25 heavy (non-hydrogen) atoms. The highest BCUT2D eigenvalue weighted by atomic mass is 19.1. The molecule has 0 saturated carbocycles. The Morgan fingerprint density at radius 2 is 2.12 bits per heavy atom. The minimum Gasteiger partial charge on any atom is -0.378 e. The third kappa shape index (κ3) is 3.33. The van der Waals surface area contributed by atoms with E-state index < -0.39 is 0 Å². The summed E-state index contributed by atoms with van der Waals surface area (Å²) in [5.41, 5.74) is 1.78. The van der Waals surface area contributed by atoms with Crippen molar-refractivity contribution in [2.45, 2.75) is 12.6 Å². The van der Waals surface area contributed by atoms with Crippen LogP contribution in [0, 0.1) is 5.82 Å². The number of hydrogen-bond donors (Lipinski definition) is 1. The van der Waals surface area contributed by atoms with Crippen LogP contribution in [0.25, 0.3) is 11.3 Å². The van der Waals surface area contributed by atoms with E-state index in [9.17, 15) is 4.39 Å². The Balaban J connectivity index is 1.56. The first-order chi connectivity index (χ1) is 12.2. The second-order valence-electron chi connectivity index (χ2n) is 6.20. The van der Waals surface area contributed by atoms with E-state index in [0.717, 1.165) is 36.0 Å². The van der Waals surface area contributed by atoms with Gasteiger partial charge in [-0.1, -0.05) is 0 Å². The number of nitrogens with zero attached hydrogens (tertiary/aromatic N) is 4. The molecular weight excluding hydrogens is 321 g/mol. The molecule has 1 fully saturated rings. The van der Waals surface area contributed by atoms with Crippen LogP contribution in [0.4, 0.5) is 4.39 Å². The molecule has 0 amide bonds. The average Bonchev–Trinajstić information content (AvgIpc) is 3.26. The first-order valence-electron chi connectivity index (χ1n) is 8.29. The van der Waals surface area contributed by atoms with Crippen molar-refractivity contribution >= 4 is 0 Å². The maximum Gasteiger partial charge on any atom is 0.126 e. The molecule has 0 aliphatic carbocycles. The molecule has 1 atom stereocenters. The van der Waals surface area contributed by atoms with Crippen molar-refractivity contribution in [2.24, 2.45) is 7.05 Å². The molecular formula is C18H20FN5O. The molecule has 4 rings (SSSR count). The van der Waals surface area contributed by atoms with Crippen LogP contribution in [0.2, 0.25) is 0 Å². The summed E-state index contributed by atoms with van der Waals surface area (Å²) in [4.78, 5) is 14.6. The van der Waals surface area contributed by atoms with Crippen molar-refractivity contribution in [3.63, 3.8) is 0 Å². The standard InChI is InChI=1S/C18H20FN5O/c1-23-7-6-20-17(23)11-24-8-9-25-12-16(24)18-21-10-15(22-18)13-2-4-14(19)5-3-13/h2-7,10,16H,8-9,11-12H2,1H3,(H,21,22)/t16-/m0/s1. The van der Waals surface area contributed by atoms with Crippen LogP contribution in [0.1, 0.15) is 17.7 Å². The predicted molar refractivity (Wildman–Crippen MR) is 91.2 cm³/mol. The monoisotopic (exact) mass is 341 g/mol. The van der Waals surface area contributed by atoms with E-state index in [-0.39, 0.29) is 11.9 Å². The van der Waals surface area contributed by atoms with Crippen molar-refractivity contribution in [3.05, 3.63) is 60.3 Å². The van der Waals surface area contributed by atoms with E-state index >= 15 is 0 Å². The van der Waals surface area contributed by atoms with Crippen molar-refractivity contribution in [1.29, 1.82) is 0 Å². The molecule has 2 aromatic heterocycles. The summed E-state index contributed by atoms with van der Waals surface area (Å²) >= 11 is 0. The smallest absolute Gasteiger partial charge is 0.126 e. The molecule has 0 radical (unpaired) electrons. The lowest BCUT2D eigenvalue weighted by atomic mass is 10.2. The topological polar surface area (TPSA) is 59.0 Å². The third-order valence-electron chi connectivity index (χ3n) is 4.57. The van der Waals surface area contributed by atoms with Gasteiger partial charge in [-0.3, -0.25) is 4.90 Å². The molecule has 1 aliphatic heterocycles. The summed E-state index contributed by atoms with van der Waals surface area (Å²) in [6.45, 7) is 2.85. The minimum atomic E-state index is -0.245. The highest BCUT2D eigenvalue weighted by Crippen LogP contribution is 2.26. The fourth-order valence-electron chi connectivity index (χ4n) is 3.09. The number of benzene rings is 1. The van der Waals surface area contributed by atoms with Gasteiger partial charge in [-0.2, -0.15) is 0 Å². The number of halogens is 1. The van der Waals surface area contributed by atoms with E-state index in [1.54, 1.807) is 18.3 Å². The van der Waals surface area contributed by atoms with Gasteiger partial charge in [0.15, 0.2) is 0 Å². The van der Waals surface area contributed by atoms with Gasteiger partial charge in [-0.05, 0) is 29.8 Å². The van der Waals surface area contributed by atoms with Crippen LogP contribution in [0.5, 0.6) is 0 Å². The van der Waals surface area contributed by atoms with Gasteiger partial charge in [0, 0.05) is 26.0 Å². The number of ether oxygens (including phenoxy) is 1. The number of aryl methyl sites for hydroxylation is 1. The minimum absolute atomic E-state index is 0.0413. The number of aromatic nitrogens is 4. The van der Waals surface area contributed by atoms with E-state index in [0.29, 0.717) is 13.2 Å². The zero-order chi connectivity index (χ0) is 17.2. The fraction of sp³-hybridized carbons (Fsp3) is 0.333. The SMILES string of the molecule is Cn1ccnc1CN1CCOC[C@H]1c1ncc(-c2ccc(F)cc2)[nH]1. The molecule has 1 aromatic carbocycles. The maximum absolute atomic E-state index is 13.1. The van der Waals surface area contributed by atoms with Crippen molar-refractivity contribution in [1.82, 2.24) is 24.4 Å². The lowest BCUT2D eigenvalue weighted by Crippen LogP contribution is -2.40. The summed E-state index contributed by atoms with van der Waals surface area (Å²) < 4.78 is 20.8. The molecule has 0 unspecified atom stereocenters. The van der Waals surface area contributed by atoms with Crippen LogP contribution in [-0.2, 0) is 18.3 Å². The summed E-state index contributed by atoms with van der Waals surface area (Å²) in [5, 5.41) is 0. The molecule has 3 heterocycles. The van der Waals surface area contributed by atoms with Crippen LogP contribution in [0.15, 0.2) is 42.9 Å². The number of aromatic amines is 1. The summed E-state index contributed by atoms with van der Waals surface area (Å²) in [5.74, 6) is 1.62. The molecule has 6 nitrogen and oxygen atoms in total. The number of nitrogens with one attached hydrogen (secondary N) is 1. The van der Waals surface area contributed by atoms with Crippen LogP contribution in [-0.4, -0.2) is 44.2 Å². The fourth-order valence-corrected chi connectivity index (χ4v) is 3.09. The van der Waals surface area contributed by atoms with Gasteiger partial charge in [-0.15, -0.1) is 0 Å². The van der Waals surface area contributed by atoms with Crippen molar-refractivity contribution < 1.29 is 9.13 Å². The maximum atomic E-state index is 13.1. The van der Waals surface area contributed by atoms with Gasteiger partial charge in [0.05, 0.1) is 37.7 Å². The Bertz CT molecular complexity index is 841. The molecule has 1 N–H and O–H groups in total. The second-order valence-corrected chi connectivity index (χ2v) is 6.20. The third-order valence-corrected chi connectivity index (χ3v) is 4.57. The first-order valence-corrected chi connectivity index (χ1v) is 8.29. The molecule has 1 saturated heterocycles. The number of H-pyrrole nitrogens is 1. The Morgan fingerprint density at radius 3 is 2.88 bits per heavy atom. The number of hydrogen-bond acceptors (Lipinski definition) is 4. The quantitative estimate of drug-likeness (QED) is 0.792. The summed E-state index contributed by atoms with van der Waals surface area (Å²) in [6, 6.07) is 6.44. The molecule has 7 heteroatoms. The molecule has 0 bridgehead atoms. The molecule has 0 spiro atoms. The zero-order valence-corrected chi connectivity index (χ0v) is 14.0. The number of morpholine rings is 1. The Hall–Kier alpha value is -2.51. The lowest BCUT2D eigenvalue weighted by molar-refractivity contribution is -0.0170. The highest BCUT2D eigenvalue weighted by Gasteiger charge is 2.28. The second kappa shape index (κ2) is 6.78. The van der Waals surface area contributed by atoms with Crippen LogP contribution in [0.3, 0.4) is 0 Å². The van der Waals surface area contributed by atoms with Gasteiger partial charge in [0.25, 0.3) is 0 Å². The van der Waals surface area contributed by atoms with Gasteiger partial charge in [-0.25, -0.2) is 14.4 Å². The Labute approximate surface area is 145 Å². The van der Waals surface area contributed by atoms with E-state index in [2.05, 4.69) is 19.9 Å². The van der Waals surface area contributed by atoms with Gasteiger partial charge >= 0.3 is 0 Å². The molecule has 3 aromatic rings. The van der Waals surface area contributed by atoms with E-state index in [1.165, 1.54) is 12.1 Å². The van der Waals surface area contributed by atoms with Crippen LogP contribution < -0.4 is 0 Å². The first kappa shape index (κ1) is 16.0. The van der Waals surface area contributed by atoms with Gasteiger partial charge in [0.1, 0.15) is 17.5 Å². The average molecular weight is 341 g/mol.